The van der Waals surface area contributed by atoms with Crippen LogP contribution >= 0.6 is 0 Å². The molecule has 8 heteroatoms. The summed E-state index contributed by atoms with van der Waals surface area (Å²) in [5, 5.41) is 3.11. The Morgan fingerprint density at radius 2 is 1.79 bits per heavy atom. The molecule has 1 aromatic heterocycles. The second-order valence-electron chi connectivity index (χ2n) is 6.13. The van der Waals surface area contributed by atoms with E-state index in [0.29, 0.717) is 22.2 Å². The Balaban J connectivity index is 1.68. The normalized spacial score (nSPS) is 10.4. The van der Waals surface area contributed by atoms with Crippen LogP contribution in [0.15, 0.2) is 57.7 Å². The molecule has 0 aliphatic heterocycles. The van der Waals surface area contributed by atoms with Crippen LogP contribution in [0.4, 0.5) is 5.69 Å². The molecular formula is C21H17NO7. The van der Waals surface area contributed by atoms with Gasteiger partial charge in [0.05, 0.1) is 12.7 Å². The number of carbonyl (C=O) groups is 3. The summed E-state index contributed by atoms with van der Waals surface area (Å²) in [4.78, 5) is 47.9. The molecule has 0 spiro atoms. The minimum Gasteiger partial charge on any atom is -0.465 e. The van der Waals surface area contributed by atoms with Crippen molar-refractivity contribution in [3.63, 3.8) is 0 Å². The van der Waals surface area contributed by atoms with Crippen LogP contribution in [0, 0.1) is 6.92 Å². The molecule has 1 N–H and O–H groups in total. The van der Waals surface area contributed by atoms with Gasteiger partial charge in [0.15, 0.2) is 6.61 Å². The fourth-order valence-corrected chi connectivity index (χ4v) is 2.60. The first-order valence-corrected chi connectivity index (χ1v) is 8.58. The minimum atomic E-state index is -0.973. The Hall–Kier alpha value is -3.94. The first-order chi connectivity index (χ1) is 13.9. The van der Waals surface area contributed by atoms with E-state index in [2.05, 4.69) is 10.1 Å². The molecule has 0 bridgehead atoms. The smallest absolute Gasteiger partial charge is 0.351 e. The second-order valence-corrected chi connectivity index (χ2v) is 6.13. The minimum absolute atomic E-state index is 0.263. The standard InChI is InChI=1S/C21H17NO7/c1-12-7-8-14(19(24)27-2)10-16(12)22-18(23)11-28-20(25)15-9-13-5-3-4-6-17(13)29-21(15)26/h3-10H,11H2,1-2H3,(H,22,23). The van der Waals surface area contributed by atoms with Gasteiger partial charge in [-0.25, -0.2) is 14.4 Å². The third kappa shape index (κ3) is 4.49. The Morgan fingerprint density at radius 1 is 1.03 bits per heavy atom. The lowest BCUT2D eigenvalue weighted by Crippen LogP contribution is -2.24. The van der Waals surface area contributed by atoms with Crippen LogP contribution in [0.2, 0.25) is 0 Å². The third-order valence-electron chi connectivity index (χ3n) is 4.13. The van der Waals surface area contributed by atoms with E-state index in [-0.39, 0.29) is 11.1 Å². The lowest BCUT2D eigenvalue weighted by Gasteiger charge is -2.10. The monoisotopic (exact) mass is 395 g/mol. The molecule has 0 aliphatic rings. The summed E-state index contributed by atoms with van der Waals surface area (Å²) in [5.74, 6) is -2.15. The maximum absolute atomic E-state index is 12.2. The van der Waals surface area contributed by atoms with Gasteiger partial charge in [-0.15, -0.1) is 0 Å². The maximum Gasteiger partial charge on any atom is 0.351 e. The van der Waals surface area contributed by atoms with Crippen molar-refractivity contribution < 1.29 is 28.3 Å². The zero-order valence-corrected chi connectivity index (χ0v) is 15.7. The number of rotatable bonds is 5. The zero-order chi connectivity index (χ0) is 21.0. The highest BCUT2D eigenvalue weighted by molar-refractivity contribution is 5.98. The molecule has 0 aliphatic carbocycles. The van der Waals surface area contributed by atoms with Crippen LogP contribution in [-0.4, -0.2) is 31.6 Å². The molecular weight excluding hydrogens is 378 g/mol. The number of carbonyl (C=O) groups excluding carboxylic acids is 3. The van der Waals surface area contributed by atoms with Crippen LogP contribution in [0.25, 0.3) is 11.0 Å². The quantitative estimate of drug-likeness (QED) is 0.522. The van der Waals surface area contributed by atoms with E-state index in [1.165, 1.54) is 19.2 Å². The molecule has 0 saturated carbocycles. The number of anilines is 1. The second kappa shape index (κ2) is 8.39. The summed E-state index contributed by atoms with van der Waals surface area (Å²) in [6, 6.07) is 12.7. The summed E-state index contributed by atoms with van der Waals surface area (Å²) >= 11 is 0. The van der Waals surface area contributed by atoms with E-state index in [0.717, 1.165) is 0 Å². The van der Waals surface area contributed by atoms with Gasteiger partial charge in [0, 0.05) is 11.1 Å². The Morgan fingerprint density at radius 3 is 2.55 bits per heavy atom. The first kappa shape index (κ1) is 19.8. The van der Waals surface area contributed by atoms with E-state index < -0.39 is 30.1 Å². The van der Waals surface area contributed by atoms with E-state index in [4.69, 9.17) is 9.15 Å². The van der Waals surface area contributed by atoms with Crippen LogP contribution in [0.3, 0.4) is 0 Å². The van der Waals surface area contributed by atoms with Crippen molar-refractivity contribution in [1.82, 2.24) is 0 Å². The Kier molecular flexibility index (Phi) is 5.73. The van der Waals surface area contributed by atoms with Crippen molar-refractivity contribution in [1.29, 1.82) is 0 Å². The van der Waals surface area contributed by atoms with Crippen molar-refractivity contribution in [2.24, 2.45) is 0 Å². The van der Waals surface area contributed by atoms with Gasteiger partial charge < -0.3 is 19.2 Å². The van der Waals surface area contributed by atoms with Gasteiger partial charge in [-0.1, -0.05) is 24.3 Å². The molecule has 1 amide bonds. The summed E-state index contributed by atoms with van der Waals surface area (Å²) in [6.07, 6.45) is 0. The average Bonchev–Trinajstić information content (AvgIpc) is 2.72. The number of para-hydroxylation sites is 1. The van der Waals surface area contributed by atoms with E-state index in [1.807, 2.05) is 0 Å². The highest BCUT2D eigenvalue weighted by Gasteiger charge is 2.17. The number of ether oxygens (including phenoxy) is 2. The molecule has 148 valence electrons. The van der Waals surface area contributed by atoms with E-state index >= 15 is 0 Å². The van der Waals surface area contributed by atoms with Gasteiger partial charge in [-0.2, -0.15) is 0 Å². The van der Waals surface area contributed by atoms with E-state index in [1.54, 1.807) is 43.3 Å². The molecule has 0 fully saturated rings. The number of aryl methyl sites for hydroxylation is 1. The van der Waals surface area contributed by atoms with Gasteiger partial charge in [-0.05, 0) is 36.8 Å². The summed E-state index contributed by atoms with van der Waals surface area (Å²) in [5.41, 5.74) is 0.523. The van der Waals surface area contributed by atoms with Gasteiger partial charge >= 0.3 is 17.6 Å². The van der Waals surface area contributed by atoms with Crippen LogP contribution in [0.1, 0.15) is 26.3 Å². The molecule has 8 nitrogen and oxygen atoms in total. The first-order valence-electron chi connectivity index (χ1n) is 8.58. The lowest BCUT2D eigenvalue weighted by atomic mass is 10.1. The van der Waals surface area contributed by atoms with Crippen molar-refractivity contribution in [2.45, 2.75) is 6.92 Å². The average molecular weight is 395 g/mol. The van der Waals surface area contributed by atoms with Crippen molar-refractivity contribution in [3.05, 3.63) is 75.6 Å². The fraction of sp³-hybridized carbons (Fsp3) is 0.143. The number of amides is 1. The molecule has 3 rings (SSSR count). The molecule has 0 radical (unpaired) electrons. The third-order valence-corrected chi connectivity index (χ3v) is 4.13. The number of hydrogen-bond donors (Lipinski definition) is 1. The number of esters is 2. The highest BCUT2D eigenvalue weighted by Crippen LogP contribution is 2.18. The van der Waals surface area contributed by atoms with Crippen molar-refractivity contribution >= 4 is 34.5 Å². The highest BCUT2D eigenvalue weighted by atomic mass is 16.5. The molecule has 2 aromatic carbocycles. The predicted molar refractivity (Wildman–Crippen MR) is 104 cm³/mol. The number of hydrogen-bond acceptors (Lipinski definition) is 7. The summed E-state index contributed by atoms with van der Waals surface area (Å²) < 4.78 is 14.7. The summed E-state index contributed by atoms with van der Waals surface area (Å²) in [6.45, 7) is 1.12. The Bertz CT molecular complexity index is 1160. The largest absolute Gasteiger partial charge is 0.465 e. The van der Waals surface area contributed by atoms with E-state index in [9.17, 15) is 19.2 Å². The number of methoxy groups -OCH3 is 1. The van der Waals surface area contributed by atoms with Crippen molar-refractivity contribution in [2.75, 3.05) is 19.0 Å². The molecule has 0 atom stereocenters. The van der Waals surface area contributed by atoms with Crippen LogP contribution in [0.5, 0.6) is 0 Å². The number of fused-ring (bicyclic) bond motifs is 1. The molecule has 0 unspecified atom stereocenters. The molecule has 0 saturated heterocycles. The molecule has 29 heavy (non-hydrogen) atoms. The van der Waals surface area contributed by atoms with Gasteiger partial charge in [0.2, 0.25) is 0 Å². The number of benzene rings is 2. The van der Waals surface area contributed by atoms with Gasteiger partial charge in [-0.3, -0.25) is 4.79 Å². The predicted octanol–water partition coefficient (Wildman–Crippen LogP) is 2.68. The van der Waals surface area contributed by atoms with Crippen LogP contribution < -0.4 is 10.9 Å². The molecule has 3 aromatic rings. The van der Waals surface area contributed by atoms with Gasteiger partial charge in [0.25, 0.3) is 5.91 Å². The zero-order valence-electron chi connectivity index (χ0n) is 15.7. The Labute approximate surface area is 165 Å². The van der Waals surface area contributed by atoms with Gasteiger partial charge in [0.1, 0.15) is 11.1 Å². The lowest BCUT2D eigenvalue weighted by molar-refractivity contribution is -0.119. The fourth-order valence-electron chi connectivity index (χ4n) is 2.60. The van der Waals surface area contributed by atoms with Crippen LogP contribution in [-0.2, 0) is 14.3 Å². The molecule has 1 heterocycles. The van der Waals surface area contributed by atoms with Crippen molar-refractivity contribution in [3.8, 4) is 0 Å². The summed E-state index contributed by atoms with van der Waals surface area (Å²) in [7, 11) is 1.25. The topological polar surface area (TPSA) is 112 Å². The number of nitrogens with one attached hydrogen (secondary N) is 1. The SMILES string of the molecule is COC(=O)c1ccc(C)c(NC(=O)COC(=O)c2cc3ccccc3oc2=O)c1. The maximum atomic E-state index is 12.2.